The Balaban J connectivity index is 2.10. The monoisotopic (exact) mass is 238 g/mol. The molecule has 2 rings (SSSR count). The zero-order valence-corrected chi connectivity index (χ0v) is 10.5. The summed E-state index contributed by atoms with van der Waals surface area (Å²) in [5.74, 6) is 1.36. The summed E-state index contributed by atoms with van der Waals surface area (Å²) in [5.41, 5.74) is 11.0. The van der Waals surface area contributed by atoms with Crippen LogP contribution in [0.1, 0.15) is 19.8 Å². The van der Waals surface area contributed by atoms with E-state index < -0.39 is 5.66 Å². The number of likely N-dealkylation sites (N-methyl/N-ethyl adjacent to an activating group) is 1. The fourth-order valence-corrected chi connectivity index (χ4v) is 2.37. The number of hydrogen-bond donors (Lipinski definition) is 4. The molecule has 2 unspecified atom stereocenters. The first kappa shape index (κ1) is 12.2. The molecule has 6 heteroatoms. The SMILES string of the molecule is CNC1CCCN(C2=CC(C)(N)N=C(N)N2)C1. The molecule has 17 heavy (non-hydrogen) atoms. The van der Waals surface area contributed by atoms with Gasteiger partial charge in [0.2, 0.25) is 0 Å². The third-order valence-electron chi connectivity index (χ3n) is 3.22. The van der Waals surface area contributed by atoms with Gasteiger partial charge >= 0.3 is 0 Å². The van der Waals surface area contributed by atoms with Crippen LogP contribution in [-0.2, 0) is 0 Å². The largest absolute Gasteiger partial charge is 0.370 e. The summed E-state index contributed by atoms with van der Waals surface area (Å²) in [6.07, 6.45) is 4.31. The molecule has 0 aliphatic carbocycles. The van der Waals surface area contributed by atoms with Crippen LogP contribution in [0, 0.1) is 0 Å². The van der Waals surface area contributed by atoms with Crippen LogP contribution in [0.5, 0.6) is 0 Å². The van der Waals surface area contributed by atoms with Crippen molar-refractivity contribution in [1.82, 2.24) is 15.5 Å². The Morgan fingerprint density at radius 2 is 2.41 bits per heavy atom. The molecular formula is C11H22N6. The van der Waals surface area contributed by atoms with E-state index in [2.05, 4.69) is 20.5 Å². The molecular weight excluding hydrogens is 216 g/mol. The maximum Gasteiger partial charge on any atom is 0.196 e. The minimum absolute atomic E-state index is 0.388. The van der Waals surface area contributed by atoms with Crippen molar-refractivity contribution in [2.75, 3.05) is 20.1 Å². The summed E-state index contributed by atoms with van der Waals surface area (Å²) >= 11 is 0. The van der Waals surface area contributed by atoms with Gasteiger partial charge in [-0.05, 0) is 32.9 Å². The van der Waals surface area contributed by atoms with Crippen LogP contribution in [0.15, 0.2) is 16.9 Å². The maximum absolute atomic E-state index is 6.01. The number of nitrogens with two attached hydrogens (primary N) is 2. The number of aliphatic imine (C=N–C) groups is 1. The maximum atomic E-state index is 6.01. The Kier molecular flexibility index (Phi) is 3.26. The second kappa shape index (κ2) is 4.54. The topological polar surface area (TPSA) is 91.7 Å². The number of hydrogen-bond acceptors (Lipinski definition) is 6. The summed E-state index contributed by atoms with van der Waals surface area (Å²) in [4.78, 5) is 6.42. The quantitative estimate of drug-likeness (QED) is 0.501. The minimum atomic E-state index is -0.711. The number of rotatable bonds is 2. The summed E-state index contributed by atoms with van der Waals surface area (Å²) in [5, 5.41) is 6.41. The highest BCUT2D eigenvalue weighted by Gasteiger charge is 2.26. The van der Waals surface area contributed by atoms with Crippen LogP contribution >= 0.6 is 0 Å². The van der Waals surface area contributed by atoms with Crippen molar-refractivity contribution in [1.29, 1.82) is 0 Å². The van der Waals surface area contributed by atoms with E-state index in [1.165, 1.54) is 12.8 Å². The normalized spacial score (nSPS) is 33.8. The minimum Gasteiger partial charge on any atom is -0.370 e. The highest BCUT2D eigenvalue weighted by Crippen LogP contribution is 2.18. The van der Waals surface area contributed by atoms with E-state index in [0.717, 1.165) is 18.9 Å². The molecule has 2 heterocycles. The zero-order valence-electron chi connectivity index (χ0n) is 10.5. The second-order valence-electron chi connectivity index (χ2n) is 4.95. The van der Waals surface area contributed by atoms with Gasteiger partial charge in [-0.1, -0.05) is 0 Å². The Bertz CT molecular complexity index is 346. The van der Waals surface area contributed by atoms with E-state index in [1.54, 1.807) is 0 Å². The highest BCUT2D eigenvalue weighted by molar-refractivity contribution is 5.81. The molecule has 0 aromatic carbocycles. The first-order valence-corrected chi connectivity index (χ1v) is 6.06. The van der Waals surface area contributed by atoms with Crippen LogP contribution in [0.4, 0.5) is 0 Å². The van der Waals surface area contributed by atoms with Crippen molar-refractivity contribution < 1.29 is 0 Å². The number of likely N-dealkylation sites (tertiary alicyclic amines) is 1. The van der Waals surface area contributed by atoms with Gasteiger partial charge in [0.05, 0.1) is 0 Å². The van der Waals surface area contributed by atoms with Crippen molar-refractivity contribution in [3.05, 3.63) is 11.9 Å². The number of nitrogens with zero attached hydrogens (tertiary/aromatic N) is 2. The Hall–Kier alpha value is -1.27. The molecule has 0 amide bonds. The van der Waals surface area contributed by atoms with Crippen molar-refractivity contribution in [2.45, 2.75) is 31.5 Å². The van der Waals surface area contributed by atoms with E-state index >= 15 is 0 Å². The van der Waals surface area contributed by atoms with Gasteiger partial charge in [0.15, 0.2) is 5.96 Å². The lowest BCUT2D eigenvalue weighted by atomic mass is 10.1. The molecule has 1 fully saturated rings. The standard InChI is InChI=1S/C11H22N6/c1-11(13)6-9(15-10(12)16-11)17-5-3-4-8(7-17)14-2/h6,8,14H,3-5,7,13H2,1-2H3,(H3,12,15,16). The molecule has 0 saturated carbocycles. The van der Waals surface area contributed by atoms with Crippen molar-refractivity contribution in [2.24, 2.45) is 16.5 Å². The molecule has 6 nitrogen and oxygen atoms in total. The number of guanidine groups is 1. The second-order valence-corrected chi connectivity index (χ2v) is 4.95. The van der Waals surface area contributed by atoms with E-state index in [9.17, 15) is 0 Å². The number of nitrogens with one attached hydrogen (secondary N) is 2. The average molecular weight is 238 g/mol. The average Bonchev–Trinajstić information content (AvgIpc) is 2.26. The molecule has 2 aliphatic heterocycles. The molecule has 2 atom stereocenters. The summed E-state index contributed by atoms with van der Waals surface area (Å²) in [6, 6.07) is 0.524. The Labute approximate surface area is 102 Å². The van der Waals surface area contributed by atoms with E-state index in [-0.39, 0.29) is 0 Å². The van der Waals surface area contributed by atoms with Crippen molar-refractivity contribution in [3.63, 3.8) is 0 Å². The molecule has 0 bridgehead atoms. The predicted molar refractivity (Wildman–Crippen MR) is 69.1 cm³/mol. The van der Waals surface area contributed by atoms with Gasteiger partial charge in [0.25, 0.3) is 0 Å². The molecule has 0 spiro atoms. The van der Waals surface area contributed by atoms with E-state index in [1.807, 2.05) is 20.0 Å². The van der Waals surface area contributed by atoms with Crippen molar-refractivity contribution >= 4 is 5.96 Å². The summed E-state index contributed by atoms with van der Waals surface area (Å²) < 4.78 is 0. The molecule has 0 aromatic heterocycles. The van der Waals surface area contributed by atoms with Crippen LogP contribution in [0.3, 0.4) is 0 Å². The van der Waals surface area contributed by atoms with Crippen LogP contribution in [0.25, 0.3) is 0 Å². The van der Waals surface area contributed by atoms with Gasteiger partial charge in [0.1, 0.15) is 11.5 Å². The molecule has 6 N–H and O–H groups in total. The lowest BCUT2D eigenvalue weighted by Crippen LogP contribution is -2.52. The fourth-order valence-electron chi connectivity index (χ4n) is 2.37. The van der Waals surface area contributed by atoms with Gasteiger partial charge in [0, 0.05) is 19.1 Å². The molecule has 96 valence electrons. The highest BCUT2D eigenvalue weighted by atomic mass is 15.3. The first-order chi connectivity index (χ1) is 8.00. The van der Waals surface area contributed by atoms with Gasteiger partial charge in [-0.25, -0.2) is 4.99 Å². The van der Waals surface area contributed by atoms with E-state index in [0.29, 0.717) is 12.0 Å². The zero-order chi connectivity index (χ0) is 12.5. The molecule has 1 saturated heterocycles. The molecule has 0 radical (unpaired) electrons. The molecule has 0 aromatic rings. The van der Waals surface area contributed by atoms with Crippen LogP contribution < -0.4 is 22.1 Å². The summed E-state index contributed by atoms with van der Waals surface area (Å²) in [6.45, 7) is 3.85. The van der Waals surface area contributed by atoms with Crippen LogP contribution in [0.2, 0.25) is 0 Å². The molecule has 2 aliphatic rings. The number of piperidine rings is 1. The first-order valence-electron chi connectivity index (χ1n) is 6.06. The lowest BCUT2D eigenvalue weighted by molar-refractivity contribution is 0.230. The third-order valence-corrected chi connectivity index (χ3v) is 3.22. The van der Waals surface area contributed by atoms with Gasteiger partial charge in [-0.2, -0.15) is 0 Å². The van der Waals surface area contributed by atoms with E-state index in [4.69, 9.17) is 11.5 Å². The summed E-state index contributed by atoms with van der Waals surface area (Å²) in [7, 11) is 2.00. The Morgan fingerprint density at radius 3 is 3.06 bits per heavy atom. The smallest absolute Gasteiger partial charge is 0.196 e. The fraction of sp³-hybridized carbons (Fsp3) is 0.727. The Morgan fingerprint density at radius 1 is 1.65 bits per heavy atom. The van der Waals surface area contributed by atoms with Gasteiger partial charge in [-0.3, -0.25) is 0 Å². The van der Waals surface area contributed by atoms with Crippen molar-refractivity contribution in [3.8, 4) is 0 Å². The van der Waals surface area contributed by atoms with Gasteiger partial charge in [-0.15, -0.1) is 0 Å². The lowest BCUT2D eigenvalue weighted by Gasteiger charge is -2.38. The van der Waals surface area contributed by atoms with Crippen LogP contribution in [-0.4, -0.2) is 42.7 Å². The van der Waals surface area contributed by atoms with Gasteiger partial charge < -0.3 is 27.0 Å². The third kappa shape index (κ3) is 2.89. The predicted octanol–water partition coefficient (Wildman–Crippen LogP) is -0.896.